The maximum atomic E-state index is 4.20. The van der Waals surface area contributed by atoms with Crippen LogP contribution in [0.1, 0.15) is 23.7 Å². The molecule has 3 rings (SSSR count). The molecule has 1 aromatic heterocycles. The third kappa shape index (κ3) is 0.813. The lowest BCUT2D eigenvalue weighted by atomic mass is 9.79. The minimum atomic E-state index is 0.617. The third-order valence-electron chi connectivity index (χ3n) is 2.96. The van der Waals surface area contributed by atoms with Crippen molar-refractivity contribution >= 4 is 0 Å². The second-order valence-corrected chi connectivity index (χ2v) is 3.82. The smallest absolute Gasteiger partial charge is 0.0900 e. The van der Waals surface area contributed by atoms with E-state index in [1.54, 1.807) is 0 Å². The topological polar surface area (TPSA) is 53.6 Å². The Labute approximate surface area is 70.7 Å². The number of rotatable bonds is 0. The number of hydrogen-bond donors (Lipinski definition) is 2. The largest absolute Gasteiger partial charge is 0.316 e. The van der Waals surface area contributed by atoms with Gasteiger partial charge in [-0.25, -0.2) is 0 Å². The first-order chi connectivity index (χ1) is 5.93. The molecule has 1 fully saturated rings. The first-order valence-corrected chi connectivity index (χ1v) is 4.54. The molecule has 2 atom stereocenters. The molecule has 0 saturated carbocycles. The molecule has 2 heterocycles. The highest BCUT2D eigenvalue weighted by molar-refractivity contribution is 5.20. The molecule has 2 unspecified atom stereocenters. The summed E-state index contributed by atoms with van der Waals surface area (Å²) in [6.45, 7) is 2.23. The molecule has 0 radical (unpaired) electrons. The van der Waals surface area contributed by atoms with Crippen LogP contribution in [0.4, 0.5) is 0 Å². The van der Waals surface area contributed by atoms with E-state index in [0.29, 0.717) is 5.92 Å². The monoisotopic (exact) mass is 164 g/mol. The summed E-state index contributed by atoms with van der Waals surface area (Å²) in [4.78, 5) is 0. The number of aromatic nitrogens is 3. The average Bonchev–Trinajstić information content (AvgIpc) is 2.53. The van der Waals surface area contributed by atoms with Crippen molar-refractivity contribution in [2.24, 2.45) is 5.92 Å². The van der Waals surface area contributed by atoms with E-state index in [2.05, 4.69) is 20.7 Å². The van der Waals surface area contributed by atoms with Crippen molar-refractivity contribution in [3.63, 3.8) is 0 Å². The third-order valence-corrected chi connectivity index (χ3v) is 2.96. The van der Waals surface area contributed by atoms with Crippen molar-refractivity contribution < 1.29 is 0 Å². The molecule has 2 bridgehead atoms. The lowest BCUT2D eigenvalue weighted by Crippen LogP contribution is -2.39. The zero-order valence-corrected chi connectivity index (χ0v) is 6.88. The summed E-state index contributed by atoms with van der Waals surface area (Å²) in [6.07, 6.45) is 2.40. The Balaban J connectivity index is 2.04. The van der Waals surface area contributed by atoms with Gasteiger partial charge in [-0.05, 0) is 25.3 Å². The Morgan fingerprint density at radius 2 is 2.25 bits per heavy atom. The van der Waals surface area contributed by atoms with Crippen LogP contribution in [0.3, 0.4) is 0 Å². The predicted molar refractivity (Wildman–Crippen MR) is 43.8 cm³/mol. The van der Waals surface area contributed by atoms with Gasteiger partial charge in [0.2, 0.25) is 0 Å². The summed E-state index contributed by atoms with van der Waals surface area (Å²) >= 11 is 0. The fourth-order valence-corrected chi connectivity index (χ4v) is 2.41. The summed E-state index contributed by atoms with van der Waals surface area (Å²) < 4.78 is 0. The SMILES string of the molecule is C1NCC2CC1Cc1n[nH]nc12. The van der Waals surface area contributed by atoms with Gasteiger partial charge in [0.1, 0.15) is 0 Å². The minimum Gasteiger partial charge on any atom is -0.316 e. The molecule has 64 valence electrons. The summed E-state index contributed by atoms with van der Waals surface area (Å²) in [5.41, 5.74) is 2.41. The van der Waals surface area contributed by atoms with Crippen molar-refractivity contribution in [1.29, 1.82) is 0 Å². The van der Waals surface area contributed by atoms with Crippen LogP contribution >= 0.6 is 0 Å². The molecule has 2 N–H and O–H groups in total. The molecule has 4 heteroatoms. The van der Waals surface area contributed by atoms with Crippen molar-refractivity contribution in [1.82, 2.24) is 20.7 Å². The fraction of sp³-hybridized carbons (Fsp3) is 0.750. The highest BCUT2D eigenvalue weighted by Crippen LogP contribution is 2.33. The standard InChI is InChI=1S/C8H12N4/c1-5-2-7-8(11-12-10-7)6(1)4-9-3-5/h5-6,9H,1-4H2,(H,10,11,12). The number of H-pyrrole nitrogens is 1. The zero-order valence-electron chi connectivity index (χ0n) is 6.88. The number of fused-ring (bicyclic) bond motifs is 4. The van der Waals surface area contributed by atoms with Crippen LogP contribution in [0.25, 0.3) is 0 Å². The average molecular weight is 164 g/mol. The molecule has 1 aromatic rings. The van der Waals surface area contributed by atoms with E-state index in [1.165, 1.54) is 17.8 Å². The number of nitrogens with one attached hydrogen (secondary N) is 2. The molecular weight excluding hydrogens is 152 g/mol. The van der Waals surface area contributed by atoms with Crippen LogP contribution < -0.4 is 5.32 Å². The van der Waals surface area contributed by atoms with Gasteiger partial charge in [0, 0.05) is 12.5 Å². The van der Waals surface area contributed by atoms with E-state index in [0.717, 1.165) is 25.4 Å². The van der Waals surface area contributed by atoms with E-state index >= 15 is 0 Å². The van der Waals surface area contributed by atoms with E-state index in [4.69, 9.17) is 0 Å². The van der Waals surface area contributed by atoms with Crippen LogP contribution in [-0.4, -0.2) is 28.5 Å². The molecule has 12 heavy (non-hydrogen) atoms. The molecule has 1 aliphatic heterocycles. The van der Waals surface area contributed by atoms with Crippen LogP contribution in [0, 0.1) is 5.92 Å². The number of hydrogen-bond acceptors (Lipinski definition) is 3. The van der Waals surface area contributed by atoms with E-state index < -0.39 is 0 Å². The zero-order chi connectivity index (χ0) is 7.97. The van der Waals surface area contributed by atoms with Gasteiger partial charge in [0.15, 0.2) is 0 Å². The van der Waals surface area contributed by atoms with Crippen LogP contribution in [0.2, 0.25) is 0 Å². The summed E-state index contributed by atoms with van der Waals surface area (Å²) in [6, 6.07) is 0. The summed E-state index contributed by atoms with van der Waals surface area (Å²) in [5, 5.41) is 14.5. The first-order valence-electron chi connectivity index (χ1n) is 4.54. The van der Waals surface area contributed by atoms with E-state index in [1.807, 2.05) is 0 Å². The molecule has 0 amide bonds. The van der Waals surface area contributed by atoms with Gasteiger partial charge in [-0.2, -0.15) is 15.4 Å². The van der Waals surface area contributed by atoms with Crippen LogP contribution in [-0.2, 0) is 6.42 Å². The van der Waals surface area contributed by atoms with Crippen LogP contribution in [0.5, 0.6) is 0 Å². The van der Waals surface area contributed by atoms with Gasteiger partial charge in [-0.3, -0.25) is 0 Å². The first kappa shape index (κ1) is 6.60. The molecule has 0 aromatic carbocycles. The van der Waals surface area contributed by atoms with E-state index in [9.17, 15) is 0 Å². The second kappa shape index (κ2) is 2.29. The molecule has 4 nitrogen and oxygen atoms in total. The van der Waals surface area contributed by atoms with Gasteiger partial charge in [0.25, 0.3) is 0 Å². The Morgan fingerprint density at radius 3 is 3.25 bits per heavy atom. The quantitative estimate of drug-likeness (QED) is 0.570. The second-order valence-electron chi connectivity index (χ2n) is 3.82. The van der Waals surface area contributed by atoms with Crippen molar-refractivity contribution in [3.8, 4) is 0 Å². The lowest BCUT2D eigenvalue weighted by molar-refractivity contribution is 0.312. The summed E-state index contributed by atoms with van der Waals surface area (Å²) in [7, 11) is 0. The Bertz CT molecular complexity index is 293. The minimum absolute atomic E-state index is 0.617. The highest BCUT2D eigenvalue weighted by Gasteiger charge is 2.32. The normalized spacial score (nSPS) is 33.0. The predicted octanol–water partition coefficient (Wildman–Crippen LogP) is 0.0539. The molecule has 1 aliphatic carbocycles. The Hall–Kier alpha value is -0.900. The summed E-state index contributed by atoms with van der Waals surface area (Å²) in [5.74, 6) is 1.41. The number of piperidine rings is 1. The Morgan fingerprint density at radius 1 is 1.25 bits per heavy atom. The van der Waals surface area contributed by atoms with Crippen molar-refractivity contribution in [3.05, 3.63) is 11.4 Å². The maximum Gasteiger partial charge on any atom is 0.0900 e. The van der Waals surface area contributed by atoms with Crippen molar-refractivity contribution in [2.75, 3.05) is 13.1 Å². The van der Waals surface area contributed by atoms with Gasteiger partial charge in [-0.15, -0.1) is 0 Å². The maximum absolute atomic E-state index is 4.20. The van der Waals surface area contributed by atoms with Crippen LogP contribution in [0.15, 0.2) is 0 Å². The van der Waals surface area contributed by atoms with Gasteiger partial charge < -0.3 is 5.32 Å². The fourth-order valence-electron chi connectivity index (χ4n) is 2.41. The number of nitrogens with zero attached hydrogens (tertiary/aromatic N) is 2. The molecule has 0 spiro atoms. The number of aromatic amines is 1. The van der Waals surface area contributed by atoms with Gasteiger partial charge in [0.05, 0.1) is 11.4 Å². The molecule has 2 aliphatic rings. The molecular formula is C8H12N4. The lowest BCUT2D eigenvalue weighted by Gasteiger charge is -2.32. The molecule has 1 saturated heterocycles. The highest BCUT2D eigenvalue weighted by atomic mass is 15.3. The van der Waals surface area contributed by atoms with E-state index in [-0.39, 0.29) is 0 Å². The van der Waals surface area contributed by atoms with Crippen molar-refractivity contribution in [2.45, 2.75) is 18.8 Å². The van der Waals surface area contributed by atoms with Gasteiger partial charge >= 0.3 is 0 Å². The van der Waals surface area contributed by atoms with Gasteiger partial charge in [-0.1, -0.05) is 0 Å². The Kier molecular flexibility index (Phi) is 1.26.